The third-order valence-corrected chi connectivity index (χ3v) is 4.07. The molecule has 1 fully saturated rings. The summed E-state index contributed by atoms with van der Waals surface area (Å²) in [5, 5.41) is 3.53. The maximum atomic E-state index is 3.53. The van der Waals surface area contributed by atoms with Crippen molar-refractivity contribution in [2.45, 2.75) is 65.3 Å². The van der Waals surface area contributed by atoms with Gasteiger partial charge >= 0.3 is 0 Å². The van der Waals surface area contributed by atoms with Gasteiger partial charge in [0.25, 0.3) is 0 Å². The molecule has 2 unspecified atom stereocenters. The lowest BCUT2D eigenvalue weighted by Gasteiger charge is -2.34. The molecule has 2 atom stereocenters. The van der Waals surface area contributed by atoms with Crippen LogP contribution in [0.15, 0.2) is 0 Å². The van der Waals surface area contributed by atoms with Crippen LogP contribution in [0, 0.1) is 11.3 Å². The quantitative estimate of drug-likeness (QED) is 0.710. The smallest absolute Gasteiger partial charge is 0.00974 e. The molecule has 0 spiro atoms. The summed E-state index contributed by atoms with van der Waals surface area (Å²) in [6, 6.07) is 0.757. The van der Waals surface area contributed by atoms with Crippen molar-refractivity contribution >= 4 is 0 Å². The van der Waals surface area contributed by atoms with Crippen molar-refractivity contribution in [1.82, 2.24) is 5.32 Å². The van der Waals surface area contributed by atoms with Crippen LogP contribution in [0.4, 0.5) is 0 Å². The van der Waals surface area contributed by atoms with Gasteiger partial charge in [-0.3, -0.25) is 0 Å². The number of rotatable bonds is 5. The van der Waals surface area contributed by atoms with Crippen molar-refractivity contribution in [3.8, 4) is 0 Å². The second-order valence-electron chi connectivity index (χ2n) is 5.52. The Balaban J connectivity index is 2.50. The second kappa shape index (κ2) is 5.16. The van der Waals surface area contributed by atoms with Gasteiger partial charge in [-0.05, 0) is 37.6 Å². The van der Waals surface area contributed by atoms with Crippen LogP contribution in [-0.2, 0) is 0 Å². The van der Waals surface area contributed by atoms with E-state index in [1.807, 2.05) is 0 Å². The molecular formula is C13H27N. The predicted octanol–water partition coefficient (Wildman–Crippen LogP) is 3.59. The summed E-state index contributed by atoms with van der Waals surface area (Å²) < 4.78 is 0. The fourth-order valence-electron chi connectivity index (χ4n) is 3.07. The largest absolute Gasteiger partial charge is 0.317 e. The lowest BCUT2D eigenvalue weighted by Crippen LogP contribution is -2.38. The van der Waals surface area contributed by atoms with E-state index in [-0.39, 0.29) is 0 Å². The third kappa shape index (κ3) is 2.73. The molecule has 0 amide bonds. The van der Waals surface area contributed by atoms with Gasteiger partial charge in [0, 0.05) is 6.04 Å². The Labute approximate surface area is 89.7 Å². The predicted molar refractivity (Wildman–Crippen MR) is 63.5 cm³/mol. The fourth-order valence-corrected chi connectivity index (χ4v) is 3.07. The molecule has 1 rings (SSSR count). The van der Waals surface area contributed by atoms with E-state index in [1.165, 1.54) is 38.5 Å². The molecule has 0 aromatic heterocycles. The van der Waals surface area contributed by atoms with Crippen molar-refractivity contribution in [2.24, 2.45) is 11.3 Å². The monoisotopic (exact) mass is 197 g/mol. The van der Waals surface area contributed by atoms with Gasteiger partial charge in [-0.25, -0.2) is 0 Å². The molecule has 0 aromatic carbocycles. The van der Waals surface area contributed by atoms with E-state index >= 15 is 0 Å². The van der Waals surface area contributed by atoms with Crippen LogP contribution in [0.2, 0.25) is 0 Å². The summed E-state index contributed by atoms with van der Waals surface area (Å²) >= 11 is 0. The van der Waals surface area contributed by atoms with Crippen LogP contribution in [-0.4, -0.2) is 13.1 Å². The molecular weight excluding hydrogens is 170 g/mol. The van der Waals surface area contributed by atoms with Crippen molar-refractivity contribution in [3.63, 3.8) is 0 Å². The molecule has 0 radical (unpaired) electrons. The SMILES string of the molecule is CCCCC(NC)C1CCCC1(C)C. The van der Waals surface area contributed by atoms with Gasteiger partial charge in [-0.2, -0.15) is 0 Å². The average molecular weight is 197 g/mol. The van der Waals surface area contributed by atoms with Gasteiger partial charge in [0.2, 0.25) is 0 Å². The Morgan fingerprint density at radius 1 is 1.43 bits per heavy atom. The molecule has 1 heteroatoms. The molecule has 1 aliphatic rings. The van der Waals surface area contributed by atoms with Crippen molar-refractivity contribution in [3.05, 3.63) is 0 Å². The fraction of sp³-hybridized carbons (Fsp3) is 1.00. The molecule has 1 saturated carbocycles. The van der Waals surface area contributed by atoms with Crippen LogP contribution < -0.4 is 5.32 Å². The van der Waals surface area contributed by atoms with Crippen LogP contribution in [0.3, 0.4) is 0 Å². The molecule has 1 N–H and O–H groups in total. The molecule has 1 nitrogen and oxygen atoms in total. The van der Waals surface area contributed by atoms with E-state index in [1.54, 1.807) is 0 Å². The average Bonchev–Trinajstić information content (AvgIpc) is 2.48. The first-order valence-corrected chi connectivity index (χ1v) is 6.29. The van der Waals surface area contributed by atoms with E-state index in [0.29, 0.717) is 5.41 Å². The summed E-state index contributed by atoms with van der Waals surface area (Å²) in [6.07, 6.45) is 8.34. The minimum Gasteiger partial charge on any atom is -0.317 e. The topological polar surface area (TPSA) is 12.0 Å². The Hall–Kier alpha value is -0.0400. The maximum absolute atomic E-state index is 3.53. The van der Waals surface area contributed by atoms with E-state index in [0.717, 1.165) is 12.0 Å². The van der Waals surface area contributed by atoms with Crippen molar-refractivity contribution in [1.29, 1.82) is 0 Å². The standard InChI is InChI=1S/C13H27N/c1-5-6-9-12(14-4)11-8-7-10-13(11,2)3/h11-12,14H,5-10H2,1-4H3. The van der Waals surface area contributed by atoms with Gasteiger partial charge in [-0.1, -0.05) is 40.0 Å². The number of hydrogen-bond donors (Lipinski definition) is 1. The van der Waals surface area contributed by atoms with Crippen molar-refractivity contribution in [2.75, 3.05) is 7.05 Å². The molecule has 84 valence electrons. The molecule has 0 saturated heterocycles. The first kappa shape index (κ1) is 12.0. The van der Waals surface area contributed by atoms with E-state index in [9.17, 15) is 0 Å². The molecule has 0 heterocycles. The van der Waals surface area contributed by atoms with Crippen LogP contribution in [0.5, 0.6) is 0 Å². The summed E-state index contributed by atoms with van der Waals surface area (Å²) in [5.74, 6) is 0.902. The maximum Gasteiger partial charge on any atom is 0.00974 e. The highest BCUT2D eigenvalue weighted by molar-refractivity contribution is 4.91. The summed E-state index contributed by atoms with van der Waals surface area (Å²) in [4.78, 5) is 0. The van der Waals surface area contributed by atoms with Crippen LogP contribution >= 0.6 is 0 Å². The molecule has 14 heavy (non-hydrogen) atoms. The molecule has 0 aliphatic heterocycles. The zero-order valence-corrected chi connectivity index (χ0v) is 10.4. The Kier molecular flexibility index (Phi) is 4.43. The highest BCUT2D eigenvalue weighted by Gasteiger charge is 2.38. The van der Waals surface area contributed by atoms with Crippen molar-refractivity contribution < 1.29 is 0 Å². The number of nitrogens with one attached hydrogen (secondary N) is 1. The lowest BCUT2D eigenvalue weighted by molar-refractivity contribution is 0.193. The third-order valence-electron chi connectivity index (χ3n) is 4.07. The van der Waals surface area contributed by atoms with Gasteiger partial charge in [0.05, 0.1) is 0 Å². The van der Waals surface area contributed by atoms with E-state index in [2.05, 4.69) is 33.1 Å². The Morgan fingerprint density at radius 2 is 2.14 bits per heavy atom. The Bertz CT molecular complexity index is 163. The summed E-state index contributed by atoms with van der Waals surface area (Å²) in [6.45, 7) is 7.18. The van der Waals surface area contributed by atoms with E-state index < -0.39 is 0 Å². The van der Waals surface area contributed by atoms with Crippen LogP contribution in [0.25, 0.3) is 0 Å². The number of unbranched alkanes of at least 4 members (excludes halogenated alkanes) is 1. The van der Waals surface area contributed by atoms with Gasteiger partial charge in [0.1, 0.15) is 0 Å². The first-order chi connectivity index (χ1) is 6.61. The van der Waals surface area contributed by atoms with E-state index in [4.69, 9.17) is 0 Å². The molecule has 0 bridgehead atoms. The normalized spacial score (nSPS) is 27.9. The molecule has 1 aliphatic carbocycles. The summed E-state index contributed by atoms with van der Waals surface area (Å²) in [7, 11) is 2.13. The highest BCUT2D eigenvalue weighted by Crippen LogP contribution is 2.45. The van der Waals surface area contributed by atoms with Gasteiger partial charge in [0.15, 0.2) is 0 Å². The highest BCUT2D eigenvalue weighted by atomic mass is 14.9. The molecule has 0 aromatic rings. The minimum atomic E-state index is 0.571. The lowest BCUT2D eigenvalue weighted by atomic mass is 9.76. The van der Waals surface area contributed by atoms with Crippen LogP contribution in [0.1, 0.15) is 59.3 Å². The first-order valence-electron chi connectivity index (χ1n) is 6.29. The summed E-state index contributed by atoms with van der Waals surface area (Å²) in [5.41, 5.74) is 0.571. The zero-order valence-electron chi connectivity index (χ0n) is 10.4. The minimum absolute atomic E-state index is 0.571. The zero-order chi connectivity index (χ0) is 10.6. The van der Waals surface area contributed by atoms with Gasteiger partial charge < -0.3 is 5.32 Å². The second-order valence-corrected chi connectivity index (χ2v) is 5.52. The Morgan fingerprint density at radius 3 is 2.57 bits per heavy atom. The van der Waals surface area contributed by atoms with Gasteiger partial charge in [-0.15, -0.1) is 0 Å². The number of hydrogen-bond acceptors (Lipinski definition) is 1.